The molecule has 0 radical (unpaired) electrons. The van der Waals surface area contributed by atoms with Gasteiger partial charge < -0.3 is 10.6 Å². The maximum Gasteiger partial charge on any atom is 0.0460 e. The largest absolute Gasteiger partial charge is 0.338 e. The number of hydrogen-bond donors (Lipinski definition) is 1. The number of nitrogens with two attached hydrogens (primary N) is 1. The second-order valence-electron chi connectivity index (χ2n) is 5.03. The molecule has 0 aromatic heterocycles. The van der Waals surface area contributed by atoms with Crippen molar-refractivity contribution in [3.8, 4) is 0 Å². The summed E-state index contributed by atoms with van der Waals surface area (Å²) in [5, 5.41) is 0.740. The van der Waals surface area contributed by atoms with E-state index < -0.39 is 0 Å². The number of halogens is 1. The van der Waals surface area contributed by atoms with Crippen LogP contribution in [0.15, 0.2) is 42.5 Å². The minimum Gasteiger partial charge on any atom is -0.338 e. The fourth-order valence-corrected chi connectivity index (χ4v) is 3.08. The smallest absolute Gasteiger partial charge is 0.0460 e. The summed E-state index contributed by atoms with van der Waals surface area (Å²) in [6, 6.07) is 15.0. The first-order valence-corrected chi connectivity index (χ1v) is 6.94. The van der Waals surface area contributed by atoms with Crippen molar-refractivity contribution >= 4 is 23.0 Å². The van der Waals surface area contributed by atoms with Gasteiger partial charge in [-0.25, -0.2) is 0 Å². The van der Waals surface area contributed by atoms with Crippen molar-refractivity contribution in [2.24, 2.45) is 5.73 Å². The summed E-state index contributed by atoms with van der Waals surface area (Å²) >= 11 is 6.06. The van der Waals surface area contributed by atoms with Crippen LogP contribution in [0.5, 0.6) is 0 Å². The van der Waals surface area contributed by atoms with Gasteiger partial charge in [0.15, 0.2) is 0 Å². The minimum absolute atomic E-state index is 0.448. The Kier molecular flexibility index (Phi) is 3.21. The van der Waals surface area contributed by atoms with E-state index in [9.17, 15) is 0 Å². The maximum absolute atomic E-state index is 6.06. The maximum atomic E-state index is 6.06. The molecule has 1 aliphatic rings. The van der Waals surface area contributed by atoms with Gasteiger partial charge in [-0.2, -0.15) is 0 Å². The molecule has 0 saturated heterocycles. The van der Waals surface area contributed by atoms with Gasteiger partial charge in [0.1, 0.15) is 0 Å². The van der Waals surface area contributed by atoms with Crippen molar-refractivity contribution in [2.45, 2.75) is 25.9 Å². The molecule has 2 N–H and O–H groups in total. The number of anilines is 2. The van der Waals surface area contributed by atoms with Gasteiger partial charge >= 0.3 is 0 Å². The molecule has 0 amide bonds. The second-order valence-corrected chi connectivity index (χ2v) is 5.47. The average molecular weight is 273 g/mol. The predicted octanol–water partition coefficient (Wildman–Crippen LogP) is 3.88. The normalized spacial score (nSPS) is 17.6. The lowest BCUT2D eigenvalue weighted by atomic mass is 10.1. The van der Waals surface area contributed by atoms with E-state index in [1.807, 2.05) is 12.1 Å². The third-order valence-electron chi connectivity index (χ3n) is 3.73. The van der Waals surface area contributed by atoms with Crippen molar-refractivity contribution in [3.63, 3.8) is 0 Å². The second kappa shape index (κ2) is 4.87. The van der Waals surface area contributed by atoms with Crippen LogP contribution in [0.2, 0.25) is 5.02 Å². The van der Waals surface area contributed by atoms with Gasteiger partial charge in [-0.1, -0.05) is 29.8 Å². The Balaban J connectivity index is 2.12. The first kappa shape index (κ1) is 12.5. The quantitative estimate of drug-likeness (QED) is 0.899. The molecule has 2 aromatic carbocycles. The van der Waals surface area contributed by atoms with Gasteiger partial charge in [-0.3, -0.25) is 0 Å². The van der Waals surface area contributed by atoms with E-state index in [4.69, 9.17) is 17.3 Å². The number of benzene rings is 2. The molecule has 1 aliphatic heterocycles. The van der Waals surface area contributed by atoms with Gasteiger partial charge in [-0.15, -0.1) is 0 Å². The molecule has 0 fully saturated rings. The molecule has 1 unspecified atom stereocenters. The highest BCUT2D eigenvalue weighted by molar-refractivity contribution is 6.30. The predicted molar refractivity (Wildman–Crippen MR) is 81.1 cm³/mol. The number of fused-ring (bicyclic) bond motifs is 1. The Morgan fingerprint density at radius 1 is 1.21 bits per heavy atom. The summed E-state index contributed by atoms with van der Waals surface area (Å²) in [6.07, 6.45) is 1.07. The fraction of sp³-hybridized carbons (Fsp3) is 0.250. The molecule has 2 nitrogen and oxygen atoms in total. The summed E-state index contributed by atoms with van der Waals surface area (Å²) in [5.41, 5.74) is 10.8. The Morgan fingerprint density at radius 3 is 2.79 bits per heavy atom. The van der Waals surface area contributed by atoms with Crippen LogP contribution in [-0.2, 0) is 13.0 Å². The van der Waals surface area contributed by atoms with Gasteiger partial charge in [0.2, 0.25) is 0 Å². The molecule has 0 saturated carbocycles. The zero-order valence-electron chi connectivity index (χ0n) is 10.9. The van der Waals surface area contributed by atoms with E-state index in [1.54, 1.807) is 0 Å². The van der Waals surface area contributed by atoms with Crippen molar-refractivity contribution in [3.05, 3.63) is 58.6 Å². The number of rotatable bonds is 2. The van der Waals surface area contributed by atoms with Crippen LogP contribution in [0.4, 0.5) is 11.4 Å². The zero-order valence-corrected chi connectivity index (χ0v) is 11.7. The van der Waals surface area contributed by atoms with Crippen molar-refractivity contribution < 1.29 is 0 Å². The van der Waals surface area contributed by atoms with E-state index in [1.165, 1.54) is 16.9 Å². The highest BCUT2D eigenvalue weighted by atomic mass is 35.5. The van der Waals surface area contributed by atoms with Crippen LogP contribution in [0.25, 0.3) is 0 Å². The molecule has 98 valence electrons. The lowest BCUT2D eigenvalue weighted by molar-refractivity contribution is 0.755. The van der Waals surface area contributed by atoms with Crippen LogP contribution in [-0.4, -0.2) is 6.04 Å². The Hall–Kier alpha value is -1.51. The molecule has 1 atom stereocenters. The van der Waals surface area contributed by atoms with E-state index in [-0.39, 0.29) is 0 Å². The molecular formula is C16H17ClN2. The van der Waals surface area contributed by atoms with E-state index in [2.05, 4.69) is 42.2 Å². The van der Waals surface area contributed by atoms with Crippen LogP contribution < -0.4 is 10.6 Å². The summed E-state index contributed by atoms with van der Waals surface area (Å²) in [6.45, 7) is 2.75. The highest BCUT2D eigenvalue weighted by Gasteiger charge is 2.27. The summed E-state index contributed by atoms with van der Waals surface area (Å²) in [5.74, 6) is 0. The fourth-order valence-electron chi connectivity index (χ4n) is 2.89. The average Bonchev–Trinajstić information content (AvgIpc) is 2.74. The van der Waals surface area contributed by atoms with E-state index in [0.717, 1.165) is 17.0 Å². The molecule has 2 aromatic rings. The zero-order chi connectivity index (χ0) is 13.4. The first-order chi connectivity index (χ1) is 9.20. The van der Waals surface area contributed by atoms with Crippen LogP contribution >= 0.6 is 11.6 Å². The minimum atomic E-state index is 0.448. The summed E-state index contributed by atoms with van der Waals surface area (Å²) in [7, 11) is 0. The molecule has 0 bridgehead atoms. The monoisotopic (exact) mass is 272 g/mol. The van der Waals surface area contributed by atoms with Gasteiger partial charge in [0.05, 0.1) is 0 Å². The Bertz CT molecular complexity index is 609. The molecule has 0 spiro atoms. The van der Waals surface area contributed by atoms with Gasteiger partial charge in [0.25, 0.3) is 0 Å². The molecule has 19 heavy (non-hydrogen) atoms. The number of nitrogens with zero attached hydrogens (tertiary/aromatic N) is 1. The standard InChI is InChI=1S/C16H17ClN2/c1-11-8-12-4-2-3-5-15(12)19(11)16-7-6-14(17)9-13(16)10-18/h2-7,9,11H,8,10,18H2,1H3. The van der Waals surface area contributed by atoms with E-state index in [0.29, 0.717) is 12.6 Å². The molecular weight excluding hydrogens is 256 g/mol. The topological polar surface area (TPSA) is 29.3 Å². The summed E-state index contributed by atoms with van der Waals surface area (Å²) < 4.78 is 0. The highest BCUT2D eigenvalue weighted by Crippen LogP contribution is 2.40. The van der Waals surface area contributed by atoms with E-state index >= 15 is 0 Å². The van der Waals surface area contributed by atoms with Crippen molar-refractivity contribution in [2.75, 3.05) is 4.90 Å². The van der Waals surface area contributed by atoms with Crippen LogP contribution in [0.3, 0.4) is 0 Å². The third-order valence-corrected chi connectivity index (χ3v) is 3.96. The Labute approximate surface area is 118 Å². The molecule has 0 aliphatic carbocycles. The van der Waals surface area contributed by atoms with Crippen molar-refractivity contribution in [1.82, 2.24) is 0 Å². The lowest BCUT2D eigenvalue weighted by Gasteiger charge is -2.27. The summed E-state index contributed by atoms with van der Waals surface area (Å²) in [4.78, 5) is 2.37. The molecule has 3 heteroatoms. The molecule has 1 heterocycles. The third kappa shape index (κ3) is 2.11. The Morgan fingerprint density at radius 2 is 2.00 bits per heavy atom. The SMILES string of the molecule is CC1Cc2ccccc2N1c1ccc(Cl)cc1CN. The first-order valence-electron chi connectivity index (χ1n) is 6.56. The van der Waals surface area contributed by atoms with Crippen LogP contribution in [0.1, 0.15) is 18.1 Å². The van der Waals surface area contributed by atoms with Crippen molar-refractivity contribution in [1.29, 1.82) is 0 Å². The number of para-hydroxylation sites is 1. The lowest BCUT2D eigenvalue weighted by Crippen LogP contribution is -2.25. The molecule has 3 rings (SSSR count). The number of hydrogen-bond acceptors (Lipinski definition) is 2. The van der Waals surface area contributed by atoms with Gasteiger partial charge in [0, 0.05) is 29.0 Å². The van der Waals surface area contributed by atoms with Gasteiger partial charge in [-0.05, 0) is 48.7 Å². The van der Waals surface area contributed by atoms with Crippen LogP contribution in [0, 0.1) is 0 Å².